The summed E-state index contributed by atoms with van der Waals surface area (Å²) in [4.78, 5) is 24.6. The number of H-pyrrole nitrogens is 1. The molecule has 1 amide bonds. The van der Waals surface area contributed by atoms with Crippen molar-refractivity contribution < 1.29 is 9.59 Å². The molecule has 1 heterocycles. The summed E-state index contributed by atoms with van der Waals surface area (Å²) in [5, 5.41) is 10.2. The molecule has 0 aromatic carbocycles. The predicted octanol–water partition coefficient (Wildman–Crippen LogP) is 2.33. The number of nitrogens with zero attached hydrogens (tertiary/aromatic N) is 2. The third-order valence-electron chi connectivity index (χ3n) is 5.78. The topological polar surface area (TPSA) is 79.8 Å². The van der Waals surface area contributed by atoms with Gasteiger partial charge in [-0.05, 0) is 50.7 Å². The number of carbonyl (C=O) groups is 2. The normalized spacial score (nSPS) is 29.5. The second-order valence-electron chi connectivity index (χ2n) is 7.50. The van der Waals surface area contributed by atoms with Crippen molar-refractivity contribution in [3.8, 4) is 0 Å². The third-order valence-corrected chi connectivity index (χ3v) is 6.10. The van der Waals surface area contributed by atoms with E-state index >= 15 is 0 Å². The van der Waals surface area contributed by atoms with Gasteiger partial charge in [0.05, 0.1) is 0 Å². The van der Waals surface area contributed by atoms with Gasteiger partial charge in [0.25, 0.3) is 0 Å². The maximum atomic E-state index is 12.5. The Morgan fingerprint density at radius 1 is 1.21 bits per heavy atom. The minimum Gasteiger partial charge on any atom is -0.354 e. The number of hydrogen-bond acceptors (Lipinski definition) is 4. The largest absolute Gasteiger partial charge is 0.354 e. The van der Waals surface area contributed by atoms with E-state index < -0.39 is 0 Å². The van der Waals surface area contributed by atoms with E-state index in [2.05, 4.69) is 15.5 Å². The number of hydrogen-bond donors (Lipinski definition) is 2. The van der Waals surface area contributed by atoms with Gasteiger partial charge in [-0.15, -0.1) is 0 Å². The molecule has 24 heavy (non-hydrogen) atoms. The number of rotatable bonds is 5. The number of carbonyl (C=O) groups excluding carboxylic acids is 2. The van der Waals surface area contributed by atoms with E-state index in [1.54, 1.807) is 0 Å². The molecule has 2 atom stereocenters. The van der Waals surface area contributed by atoms with Crippen LogP contribution >= 0.6 is 12.2 Å². The molecule has 0 spiro atoms. The van der Waals surface area contributed by atoms with Crippen LogP contribution in [-0.2, 0) is 16.1 Å². The molecule has 3 fully saturated rings. The molecule has 2 N–H and O–H groups in total. The minimum absolute atomic E-state index is 0.00164. The summed E-state index contributed by atoms with van der Waals surface area (Å²) in [6.07, 6.45) is 6.88. The molecular weight excluding hydrogens is 324 g/mol. The first-order valence-electron chi connectivity index (χ1n) is 9.10. The van der Waals surface area contributed by atoms with E-state index in [0.717, 1.165) is 37.9 Å². The minimum atomic E-state index is -0.00164. The van der Waals surface area contributed by atoms with Gasteiger partial charge >= 0.3 is 0 Å². The summed E-state index contributed by atoms with van der Waals surface area (Å²) in [5.74, 6) is 2.29. The molecule has 7 heteroatoms. The van der Waals surface area contributed by atoms with Crippen molar-refractivity contribution in [2.45, 2.75) is 57.4 Å². The maximum Gasteiger partial charge on any atom is 0.223 e. The number of fused-ring (bicyclic) bond motifs is 2. The zero-order valence-corrected chi connectivity index (χ0v) is 14.6. The lowest BCUT2D eigenvalue weighted by Gasteiger charge is -2.36. The molecule has 2 unspecified atom stereocenters. The highest BCUT2D eigenvalue weighted by Crippen LogP contribution is 2.40. The van der Waals surface area contributed by atoms with Crippen LogP contribution in [0.1, 0.15) is 56.7 Å². The molecule has 0 saturated heterocycles. The van der Waals surface area contributed by atoms with Crippen LogP contribution < -0.4 is 5.32 Å². The quantitative estimate of drug-likeness (QED) is 0.801. The van der Waals surface area contributed by atoms with Crippen LogP contribution in [0.15, 0.2) is 0 Å². The van der Waals surface area contributed by atoms with Gasteiger partial charge in [-0.1, -0.05) is 6.42 Å². The summed E-state index contributed by atoms with van der Waals surface area (Å²) in [5.41, 5.74) is 0. The van der Waals surface area contributed by atoms with E-state index in [9.17, 15) is 9.59 Å². The molecular formula is C17H24N4O2S. The molecule has 4 rings (SSSR count). The Morgan fingerprint density at radius 2 is 1.92 bits per heavy atom. The number of nitrogens with one attached hydrogen (secondary N) is 2. The van der Waals surface area contributed by atoms with Crippen LogP contribution in [0.4, 0.5) is 0 Å². The molecule has 3 aliphatic carbocycles. The monoisotopic (exact) mass is 348 g/mol. The zero-order valence-electron chi connectivity index (χ0n) is 13.8. The van der Waals surface area contributed by atoms with Crippen LogP contribution in [0.25, 0.3) is 0 Å². The molecule has 6 nitrogen and oxygen atoms in total. The SMILES string of the molecule is O=C(NCCn1c(C2CC2)n[nH]c1=S)C1CC2CCCC(C1)C2=O. The Bertz CT molecular complexity index is 690. The lowest BCUT2D eigenvalue weighted by molar-refractivity contribution is -0.137. The number of aromatic amines is 1. The fourth-order valence-electron chi connectivity index (χ4n) is 4.33. The fourth-order valence-corrected chi connectivity index (χ4v) is 4.56. The Balaban J connectivity index is 1.32. The summed E-state index contributed by atoms with van der Waals surface area (Å²) in [6.45, 7) is 1.22. The summed E-state index contributed by atoms with van der Waals surface area (Å²) in [7, 11) is 0. The van der Waals surface area contributed by atoms with E-state index in [-0.39, 0.29) is 23.7 Å². The highest BCUT2D eigenvalue weighted by atomic mass is 32.1. The van der Waals surface area contributed by atoms with Gasteiger partial charge in [0.15, 0.2) is 4.77 Å². The first kappa shape index (κ1) is 16.0. The van der Waals surface area contributed by atoms with Gasteiger partial charge in [-0.3, -0.25) is 14.7 Å². The van der Waals surface area contributed by atoms with Crippen molar-refractivity contribution in [1.82, 2.24) is 20.1 Å². The van der Waals surface area contributed by atoms with Gasteiger partial charge in [0, 0.05) is 36.8 Å². The summed E-state index contributed by atoms with van der Waals surface area (Å²) < 4.78 is 2.64. The highest BCUT2D eigenvalue weighted by Gasteiger charge is 2.41. The van der Waals surface area contributed by atoms with E-state index in [0.29, 0.717) is 29.6 Å². The summed E-state index contributed by atoms with van der Waals surface area (Å²) >= 11 is 5.29. The number of amides is 1. The number of ketones is 1. The van der Waals surface area contributed by atoms with Crippen molar-refractivity contribution >= 4 is 23.9 Å². The van der Waals surface area contributed by atoms with Crippen LogP contribution in [-0.4, -0.2) is 33.0 Å². The second kappa shape index (κ2) is 6.43. The Labute approximate surface area is 146 Å². The Hall–Kier alpha value is -1.50. The molecule has 0 aliphatic heterocycles. The van der Waals surface area contributed by atoms with Crippen molar-refractivity contribution in [3.63, 3.8) is 0 Å². The smallest absolute Gasteiger partial charge is 0.223 e. The first-order chi connectivity index (χ1) is 11.6. The summed E-state index contributed by atoms with van der Waals surface area (Å²) in [6, 6.07) is 0. The number of aromatic nitrogens is 3. The molecule has 1 aromatic rings. The highest BCUT2D eigenvalue weighted by molar-refractivity contribution is 7.71. The second-order valence-corrected chi connectivity index (χ2v) is 7.89. The van der Waals surface area contributed by atoms with Crippen LogP contribution in [0.5, 0.6) is 0 Å². The van der Waals surface area contributed by atoms with Crippen LogP contribution in [0, 0.1) is 22.5 Å². The van der Waals surface area contributed by atoms with Crippen LogP contribution in [0.2, 0.25) is 0 Å². The lowest BCUT2D eigenvalue weighted by atomic mass is 9.67. The first-order valence-corrected chi connectivity index (χ1v) is 9.51. The van der Waals surface area contributed by atoms with Crippen molar-refractivity contribution in [2.75, 3.05) is 6.54 Å². The molecule has 3 saturated carbocycles. The van der Waals surface area contributed by atoms with E-state index in [1.165, 1.54) is 12.8 Å². The zero-order chi connectivity index (χ0) is 16.7. The molecule has 2 bridgehead atoms. The van der Waals surface area contributed by atoms with Gasteiger partial charge in [-0.2, -0.15) is 5.10 Å². The Kier molecular flexibility index (Phi) is 4.28. The van der Waals surface area contributed by atoms with Gasteiger partial charge in [0.2, 0.25) is 5.91 Å². The third kappa shape index (κ3) is 3.06. The van der Waals surface area contributed by atoms with Crippen LogP contribution in [0.3, 0.4) is 0 Å². The average Bonchev–Trinajstić information content (AvgIpc) is 3.32. The van der Waals surface area contributed by atoms with Gasteiger partial charge in [-0.25, -0.2) is 0 Å². The molecule has 3 aliphatic rings. The molecule has 130 valence electrons. The fraction of sp³-hybridized carbons (Fsp3) is 0.765. The van der Waals surface area contributed by atoms with Crippen molar-refractivity contribution in [3.05, 3.63) is 10.6 Å². The molecule has 0 radical (unpaired) electrons. The number of Topliss-reactive ketones (excluding diaryl/α,β-unsaturated/α-hetero) is 1. The van der Waals surface area contributed by atoms with Crippen molar-refractivity contribution in [2.24, 2.45) is 17.8 Å². The standard InChI is InChI=1S/C17H24N4O2S/c22-14-11-2-1-3-12(14)9-13(8-11)16(23)18-6-7-21-15(10-4-5-10)19-20-17(21)24/h10-13H,1-9H2,(H,18,23)(H,20,24). The lowest BCUT2D eigenvalue weighted by Crippen LogP contribution is -2.43. The maximum absolute atomic E-state index is 12.5. The van der Waals surface area contributed by atoms with Crippen molar-refractivity contribution in [1.29, 1.82) is 0 Å². The average molecular weight is 348 g/mol. The molecule has 1 aromatic heterocycles. The van der Waals surface area contributed by atoms with E-state index in [1.807, 2.05) is 4.57 Å². The van der Waals surface area contributed by atoms with E-state index in [4.69, 9.17) is 12.2 Å². The van der Waals surface area contributed by atoms with Gasteiger partial charge < -0.3 is 9.88 Å². The Morgan fingerprint density at radius 3 is 2.58 bits per heavy atom. The van der Waals surface area contributed by atoms with Gasteiger partial charge in [0.1, 0.15) is 11.6 Å². The predicted molar refractivity (Wildman–Crippen MR) is 91.0 cm³/mol.